The molecule has 0 amide bonds. The van der Waals surface area contributed by atoms with E-state index in [0.717, 1.165) is 23.0 Å². The van der Waals surface area contributed by atoms with Crippen LogP contribution in [0.15, 0.2) is 22.7 Å². The average molecular weight is 322 g/mol. The van der Waals surface area contributed by atoms with Crippen molar-refractivity contribution < 1.29 is 0 Å². The maximum absolute atomic E-state index is 4.85. The van der Waals surface area contributed by atoms with Crippen LogP contribution in [0, 0.1) is 0 Å². The lowest BCUT2D eigenvalue weighted by atomic mass is 10.1. The van der Waals surface area contributed by atoms with Crippen LogP contribution in [0.1, 0.15) is 38.6 Å². The molecule has 0 saturated carbocycles. The van der Waals surface area contributed by atoms with Gasteiger partial charge >= 0.3 is 0 Å². The Morgan fingerprint density at radius 1 is 1.47 bits per heavy atom. The first kappa shape index (κ1) is 13.1. The van der Waals surface area contributed by atoms with Gasteiger partial charge in [0.05, 0.1) is 11.0 Å². The number of fused-ring (bicyclic) bond motifs is 1. The van der Waals surface area contributed by atoms with Crippen molar-refractivity contribution >= 4 is 27.0 Å². The molecule has 1 unspecified atom stereocenters. The second kappa shape index (κ2) is 5.25. The van der Waals surface area contributed by atoms with Gasteiger partial charge < -0.3 is 9.88 Å². The van der Waals surface area contributed by atoms with E-state index in [9.17, 15) is 0 Å². The molecule has 0 spiro atoms. The third kappa shape index (κ3) is 2.56. The normalized spacial score (nSPS) is 19.7. The molecule has 1 aromatic carbocycles. The van der Waals surface area contributed by atoms with Gasteiger partial charge in [-0.05, 0) is 51.4 Å². The number of nitrogens with zero attached hydrogens (tertiary/aromatic N) is 2. The number of halogens is 1. The highest BCUT2D eigenvalue weighted by Gasteiger charge is 2.20. The van der Waals surface area contributed by atoms with Gasteiger partial charge in [0.25, 0.3) is 0 Å². The maximum atomic E-state index is 4.85. The van der Waals surface area contributed by atoms with Crippen molar-refractivity contribution in [2.75, 3.05) is 6.54 Å². The molecule has 1 aliphatic heterocycles. The van der Waals surface area contributed by atoms with Gasteiger partial charge in [-0.3, -0.25) is 0 Å². The summed E-state index contributed by atoms with van der Waals surface area (Å²) in [5.41, 5.74) is 2.34. The van der Waals surface area contributed by atoms with Crippen LogP contribution in [0.4, 0.5) is 0 Å². The number of imidazole rings is 1. The van der Waals surface area contributed by atoms with Crippen molar-refractivity contribution in [3.8, 4) is 0 Å². The lowest BCUT2D eigenvalue weighted by Crippen LogP contribution is -2.25. The molecule has 0 radical (unpaired) electrons. The summed E-state index contributed by atoms with van der Waals surface area (Å²) < 4.78 is 3.47. The smallest absolute Gasteiger partial charge is 0.111 e. The Kier molecular flexibility index (Phi) is 3.63. The van der Waals surface area contributed by atoms with Crippen LogP contribution in [0.3, 0.4) is 0 Å². The van der Waals surface area contributed by atoms with E-state index in [-0.39, 0.29) is 0 Å². The summed E-state index contributed by atoms with van der Waals surface area (Å²) in [4.78, 5) is 4.85. The molecule has 1 N–H and O–H groups in total. The molecule has 19 heavy (non-hydrogen) atoms. The van der Waals surface area contributed by atoms with E-state index < -0.39 is 0 Å². The zero-order valence-corrected chi connectivity index (χ0v) is 13.1. The molecule has 1 fully saturated rings. The Hall–Kier alpha value is -0.870. The highest BCUT2D eigenvalue weighted by Crippen LogP contribution is 2.25. The highest BCUT2D eigenvalue weighted by molar-refractivity contribution is 9.10. The second-order valence-electron chi connectivity index (χ2n) is 5.62. The number of rotatable bonds is 3. The van der Waals surface area contributed by atoms with Gasteiger partial charge in [0.15, 0.2) is 0 Å². The van der Waals surface area contributed by atoms with E-state index in [0.29, 0.717) is 12.1 Å². The summed E-state index contributed by atoms with van der Waals surface area (Å²) in [5.74, 6) is 1.21. The molecule has 102 valence electrons. The third-order valence-electron chi connectivity index (χ3n) is 3.83. The SMILES string of the molecule is CC(C)n1c(CC2CCCN2)nc2cc(Br)ccc21. The maximum Gasteiger partial charge on any atom is 0.111 e. The van der Waals surface area contributed by atoms with E-state index in [1.165, 1.54) is 24.2 Å². The van der Waals surface area contributed by atoms with E-state index in [1.54, 1.807) is 0 Å². The van der Waals surface area contributed by atoms with Crippen LogP contribution >= 0.6 is 15.9 Å². The molecule has 1 atom stereocenters. The minimum atomic E-state index is 0.447. The summed E-state index contributed by atoms with van der Waals surface area (Å²) in [6.45, 7) is 5.61. The van der Waals surface area contributed by atoms with Gasteiger partial charge in [-0.15, -0.1) is 0 Å². The number of hydrogen-bond acceptors (Lipinski definition) is 2. The summed E-state index contributed by atoms with van der Waals surface area (Å²) in [6, 6.07) is 7.42. The van der Waals surface area contributed by atoms with Gasteiger partial charge in [-0.1, -0.05) is 15.9 Å². The number of benzene rings is 1. The largest absolute Gasteiger partial charge is 0.325 e. The first-order valence-electron chi connectivity index (χ1n) is 7.05. The monoisotopic (exact) mass is 321 g/mol. The van der Waals surface area contributed by atoms with Gasteiger partial charge in [-0.25, -0.2) is 4.98 Å². The zero-order chi connectivity index (χ0) is 13.4. The molecular formula is C15H20BrN3. The minimum absolute atomic E-state index is 0.447. The topological polar surface area (TPSA) is 29.9 Å². The van der Waals surface area contributed by atoms with Crippen molar-refractivity contribution in [1.82, 2.24) is 14.9 Å². The molecule has 0 aliphatic carbocycles. The van der Waals surface area contributed by atoms with E-state index in [4.69, 9.17) is 4.98 Å². The van der Waals surface area contributed by atoms with Crippen LogP contribution in [-0.2, 0) is 6.42 Å². The van der Waals surface area contributed by atoms with Crippen LogP contribution in [-0.4, -0.2) is 22.1 Å². The van der Waals surface area contributed by atoms with E-state index in [2.05, 4.69) is 57.9 Å². The average Bonchev–Trinajstić information content (AvgIpc) is 2.95. The summed E-state index contributed by atoms with van der Waals surface area (Å²) in [5, 5.41) is 3.56. The number of hydrogen-bond donors (Lipinski definition) is 1. The Balaban J connectivity index is 2.03. The number of aromatic nitrogens is 2. The Morgan fingerprint density at radius 3 is 3.00 bits per heavy atom. The van der Waals surface area contributed by atoms with Crippen LogP contribution in [0.2, 0.25) is 0 Å². The lowest BCUT2D eigenvalue weighted by Gasteiger charge is -2.15. The van der Waals surface area contributed by atoms with Crippen LogP contribution < -0.4 is 5.32 Å². The highest BCUT2D eigenvalue weighted by atomic mass is 79.9. The number of nitrogens with one attached hydrogen (secondary N) is 1. The lowest BCUT2D eigenvalue weighted by molar-refractivity contribution is 0.530. The molecule has 1 aliphatic rings. The molecule has 2 aromatic rings. The zero-order valence-electron chi connectivity index (χ0n) is 11.5. The van der Waals surface area contributed by atoms with Crippen molar-refractivity contribution in [2.24, 2.45) is 0 Å². The Bertz CT molecular complexity index is 582. The fourth-order valence-corrected chi connectivity index (χ4v) is 3.34. The summed E-state index contributed by atoms with van der Waals surface area (Å²) >= 11 is 3.53. The van der Waals surface area contributed by atoms with E-state index >= 15 is 0 Å². The quantitative estimate of drug-likeness (QED) is 0.934. The first-order chi connectivity index (χ1) is 9.15. The molecule has 0 bridgehead atoms. The van der Waals surface area contributed by atoms with E-state index in [1.807, 2.05) is 0 Å². The third-order valence-corrected chi connectivity index (χ3v) is 4.33. The van der Waals surface area contributed by atoms with Crippen LogP contribution in [0.25, 0.3) is 11.0 Å². The summed E-state index contributed by atoms with van der Waals surface area (Å²) in [6.07, 6.45) is 3.59. The fourth-order valence-electron chi connectivity index (χ4n) is 2.99. The standard InChI is InChI=1S/C15H20BrN3/c1-10(2)19-14-6-5-11(16)8-13(14)18-15(19)9-12-4-3-7-17-12/h5-6,8,10,12,17H,3-4,7,9H2,1-2H3. The molecule has 2 heterocycles. The molecule has 4 heteroatoms. The fraction of sp³-hybridized carbons (Fsp3) is 0.533. The van der Waals surface area contributed by atoms with Gasteiger partial charge in [0, 0.05) is 23.0 Å². The molecule has 3 rings (SSSR count). The predicted molar refractivity (Wildman–Crippen MR) is 82.5 cm³/mol. The van der Waals surface area contributed by atoms with Gasteiger partial charge in [-0.2, -0.15) is 0 Å². The van der Waals surface area contributed by atoms with Crippen molar-refractivity contribution in [3.63, 3.8) is 0 Å². The van der Waals surface area contributed by atoms with Crippen molar-refractivity contribution in [1.29, 1.82) is 0 Å². The molecule has 1 saturated heterocycles. The first-order valence-corrected chi connectivity index (χ1v) is 7.84. The van der Waals surface area contributed by atoms with Crippen LogP contribution in [0.5, 0.6) is 0 Å². The second-order valence-corrected chi connectivity index (χ2v) is 6.54. The Morgan fingerprint density at radius 2 is 2.32 bits per heavy atom. The predicted octanol–water partition coefficient (Wildman–Crippen LogP) is 3.67. The Labute approximate surface area is 122 Å². The van der Waals surface area contributed by atoms with Crippen molar-refractivity contribution in [2.45, 2.75) is 45.2 Å². The summed E-state index contributed by atoms with van der Waals surface area (Å²) in [7, 11) is 0. The molecule has 3 nitrogen and oxygen atoms in total. The van der Waals surface area contributed by atoms with Gasteiger partial charge in [0.2, 0.25) is 0 Å². The van der Waals surface area contributed by atoms with Gasteiger partial charge in [0.1, 0.15) is 5.82 Å². The molecule has 1 aromatic heterocycles. The minimum Gasteiger partial charge on any atom is -0.325 e. The molecular weight excluding hydrogens is 302 g/mol. The van der Waals surface area contributed by atoms with Crippen molar-refractivity contribution in [3.05, 3.63) is 28.5 Å².